The number of amides is 1. The fourth-order valence-corrected chi connectivity index (χ4v) is 5.87. The summed E-state index contributed by atoms with van der Waals surface area (Å²) in [6, 6.07) is 15.2. The van der Waals surface area contributed by atoms with Crippen LogP contribution in [0.15, 0.2) is 53.1 Å². The summed E-state index contributed by atoms with van der Waals surface area (Å²) in [6.07, 6.45) is 1.63. The number of benzene rings is 2. The second-order valence-corrected chi connectivity index (χ2v) is 10.1. The van der Waals surface area contributed by atoms with Crippen LogP contribution in [-0.2, 0) is 16.1 Å². The molecule has 1 unspecified atom stereocenters. The monoisotopic (exact) mass is 487 g/mol. The zero-order valence-corrected chi connectivity index (χ0v) is 20.3. The number of nitrogens with zero attached hydrogens (tertiary/aromatic N) is 3. The topological polar surface area (TPSA) is 96.1 Å². The molecule has 1 amide bonds. The average molecular weight is 488 g/mol. The van der Waals surface area contributed by atoms with Crippen LogP contribution in [0.1, 0.15) is 52.4 Å². The third-order valence-corrected chi connectivity index (χ3v) is 8.16. The minimum absolute atomic E-state index is 0.109. The molecule has 3 aliphatic heterocycles. The van der Waals surface area contributed by atoms with Crippen LogP contribution in [0.5, 0.6) is 0 Å². The van der Waals surface area contributed by atoms with Gasteiger partial charge in [-0.3, -0.25) is 9.69 Å². The van der Waals surface area contributed by atoms with Gasteiger partial charge in [-0.05, 0) is 56.5 Å². The third-order valence-electron chi connectivity index (χ3n) is 8.16. The normalized spacial score (nSPS) is 20.1. The van der Waals surface area contributed by atoms with E-state index in [2.05, 4.69) is 10.1 Å². The lowest BCUT2D eigenvalue weighted by molar-refractivity contribution is -0.128. The van der Waals surface area contributed by atoms with Crippen molar-refractivity contribution in [3.05, 3.63) is 70.8 Å². The van der Waals surface area contributed by atoms with Crippen molar-refractivity contribution < 1.29 is 24.0 Å². The Morgan fingerprint density at radius 3 is 2.58 bits per heavy atom. The maximum Gasteiger partial charge on any atom is 0.338 e. The Kier molecular flexibility index (Phi) is 5.65. The molecule has 6 rings (SSSR count). The van der Waals surface area contributed by atoms with Crippen LogP contribution in [0.2, 0.25) is 0 Å². The number of cyclic esters (lactones) is 1. The Balaban J connectivity index is 1.09. The highest BCUT2D eigenvalue weighted by molar-refractivity contribution is 5.99. The molecule has 4 heterocycles. The first-order valence-electron chi connectivity index (χ1n) is 12.5. The number of aliphatic hydroxyl groups excluding tert-OH is 1. The van der Waals surface area contributed by atoms with Crippen LogP contribution in [0.3, 0.4) is 0 Å². The Labute approximate surface area is 209 Å². The number of fused-ring (bicyclic) bond motifs is 1. The van der Waals surface area contributed by atoms with Gasteiger partial charge in [-0.25, -0.2) is 4.79 Å². The predicted octanol–water partition coefficient (Wildman–Crippen LogP) is 3.87. The van der Waals surface area contributed by atoms with Crippen LogP contribution in [-0.4, -0.2) is 53.2 Å². The van der Waals surface area contributed by atoms with Gasteiger partial charge in [-0.15, -0.1) is 0 Å². The number of anilines is 1. The molecule has 1 spiro atoms. The van der Waals surface area contributed by atoms with Gasteiger partial charge in [-0.1, -0.05) is 41.6 Å². The summed E-state index contributed by atoms with van der Waals surface area (Å²) in [5, 5.41) is 15.2. The molecular formula is C28H29N3O5. The molecule has 3 aliphatic rings. The Morgan fingerprint density at radius 2 is 1.81 bits per heavy atom. The maximum atomic E-state index is 13.5. The van der Waals surface area contributed by atoms with Crippen molar-refractivity contribution in [2.75, 3.05) is 31.1 Å². The van der Waals surface area contributed by atoms with Crippen molar-refractivity contribution in [2.24, 2.45) is 5.41 Å². The van der Waals surface area contributed by atoms with E-state index in [-0.39, 0.29) is 23.9 Å². The van der Waals surface area contributed by atoms with Crippen molar-refractivity contribution in [1.82, 2.24) is 10.1 Å². The SMILES string of the molecule is Cc1c(C(O)CN2CCC3(CC2)CCN(c2cc(-c4ccccc4)no2)C3=O)ccc2c1COC2=O. The zero-order chi connectivity index (χ0) is 24.9. The highest BCUT2D eigenvalue weighted by atomic mass is 16.5. The van der Waals surface area contributed by atoms with E-state index >= 15 is 0 Å². The summed E-state index contributed by atoms with van der Waals surface area (Å²) in [5.74, 6) is 0.313. The van der Waals surface area contributed by atoms with Gasteiger partial charge in [0.1, 0.15) is 12.3 Å². The molecule has 0 bridgehead atoms. The summed E-state index contributed by atoms with van der Waals surface area (Å²) in [4.78, 5) is 29.3. The first-order valence-corrected chi connectivity index (χ1v) is 12.5. The smallest absolute Gasteiger partial charge is 0.338 e. The van der Waals surface area contributed by atoms with Crippen molar-refractivity contribution in [2.45, 2.75) is 38.9 Å². The van der Waals surface area contributed by atoms with Crippen molar-refractivity contribution in [3.8, 4) is 11.3 Å². The van der Waals surface area contributed by atoms with Crippen LogP contribution in [0.25, 0.3) is 11.3 Å². The number of carbonyl (C=O) groups is 2. The quantitative estimate of drug-likeness (QED) is 0.546. The van der Waals surface area contributed by atoms with Gasteiger partial charge in [0.2, 0.25) is 11.8 Å². The number of piperidine rings is 1. The molecule has 186 valence electrons. The van der Waals surface area contributed by atoms with Gasteiger partial charge < -0.3 is 19.3 Å². The second kappa shape index (κ2) is 8.87. The number of likely N-dealkylation sites (tertiary alicyclic amines) is 1. The van der Waals surface area contributed by atoms with E-state index in [1.165, 1.54) is 0 Å². The molecule has 2 saturated heterocycles. The number of carbonyl (C=O) groups excluding carboxylic acids is 2. The lowest BCUT2D eigenvalue weighted by Gasteiger charge is -2.38. The van der Waals surface area contributed by atoms with Gasteiger partial charge in [0.15, 0.2) is 0 Å². The number of aromatic nitrogens is 1. The van der Waals surface area contributed by atoms with E-state index in [9.17, 15) is 14.7 Å². The molecule has 0 saturated carbocycles. The summed E-state index contributed by atoms with van der Waals surface area (Å²) in [5.41, 5.74) is 4.50. The number of ether oxygens (including phenoxy) is 1. The molecule has 1 aromatic heterocycles. The molecule has 1 atom stereocenters. The fraction of sp³-hybridized carbons (Fsp3) is 0.393. The molecule has 2 fully saturated rings. The van der Waals surface area contributed by atoms with Crippen LogP contribution >= 0.6 is 0 Å². The summed E-state index contributed by atoms with van der Waals surface area (Å²) in [7, 11) is 0. The summed E-state index contributed by atoms with van der Waals surface area (Å²) >= 11 is 0. The maximum absolute atomic E-state index is 13.5. The lowest BCUT2D eigenvalue weighted by Crippen LogP contribution is -2.45. The molecule has 0 radical (unpaired) electrons. The van der Waals surface area contributed by atoms with Crippen molar-refractivity contribution in [1.29, 1.82) is 0 Å². The highest BCUT2D eigenvalue weighted by Crippen LogP contribution is 2.44. The van der Waals surface area contributed by atoms with Gasteiger partial charge >= 0.3 is 5.97 Å². The molecule has 0 aliphatic carbocycles. The Hall–Kier alpha value is -3.49. The standard InChI is InChI=1S/C28H29N3O5/c1-18-20(7-8-21-22(18)17-35-26(21)33)24(32)16-30-12-9-28(10-13-30)11-14-31(27(28)34)25-15-23(29-36-25)19-5-3-2-4-6-19/h2-8,15,24,32H,9-14,16-17H2,1H3. The summed E-state index contributed by atoms with van der Waals surface area (Å²) < 4.78 is 10.7. The van der Waals surface area contributed by atoms with E-state index in [1.54, 1.807) is 11.0 Å². The zero-order valence-electron chi connectivity index (χ0n) is 20.3. The highest BCUT2D eigenvalue weighted by Gasteiger charge is 2.49. The molecule has 2 aromatic carbocycles. The van der Waals surface area contributed by atoms with Crippen molar-refractivity contribution >= 4 is 17.8 Å². The minimum Gasteiger partial charge on any atom is -0.457 e. The van der Waals surface area contributed by atoms with E-state index in [1.807, 2.05) is 49.4 Å². The van der Waals surface area contributed by atoms with E-state index in [0.717, 1.165) is 60.3 Å². The fourth-order valence-electron chi connectivity index (χ4n) is 5.87. The number of rotatable bonds is 5. The number of esters is 1. The average Bonchev–Trinajstić information content (AvgIpc) is 3.61. The van der Waals surface area contributed by atoms with Gasteiger partial charge in [-0.2, -0.15) is 0 Å². The number of hydrogen-bond acceptors (Lipinski definition) is 7. The predicted molar refractivity (Wildman–Crippen MR) is 132 cm³/mol. The minimum atomic E-state index is -0.665. The molecule has 8 heteroatoms. The Morgan fingerprint density at radius 1 is 1.06 bits per heavy atom. The molecule has 36 heavy (non-hydrogen) atoms. The number of β-amino-alcohol motifs (C(OH)–C–C–N with tert-alkyl or cyclic N) is 1. The summed E-state index contributed by atoms with van der Waals surface area (Å²) in [6.45, 7) is 4.80. The number of aliphatic hydroxyl groups is 1. The van der Waals surface area contributed by atoms with Crippen LogP contribution < -0.4 is 4.90 Å². The first kappa shape index (κ1) is 22.9. The van der Waals surface area contributed by atoms with E-state index in [0.29, 0.717) is 24.5 Å². The largest absolute Gasteiger partial charge is 0.457 e. The van der Waals surface area contributed by atoms with E-state index < -0.39 is 6.10 Å². The molecule has 3 aromatic rings. The first-order chi connectivity index (χ1) is 17.4. The van der Waals surface area contributed by atoms with Gasteiger partial charge in [0, 0.05) is 30.3 Å². The van der Waals surface area contributed by atoms with E-state index in [4.69, 9.17) is 9.26 Å². The molecule has 8 nitrogen and oxygen atoms in total. The van der Waals surface area contributed by atoms with Crippen LogP contribution in [0.4, 0.5) is 5.88 Å². The lowest BCUT2D eigenvalue weighted by atomic mass is 9.77. The number of hydrogen-bond donors (Lipinski definition) is 1. The van der Waals surface area contributed by atoms with Gasteiger partial charge in [0.05, 0.1) is 17.1 Å². The molecule has 1 N–H and O–H groups in total. The van der Waals surface area contributed by atoms with Gasteiger partial charge in [0.25, 0.3) is 0 Å². The second-order valence-electron chi connectivity index (χ2n) is 10.1. The van der Waals surface area contributed by atoms with Crippen molar-refractivity contribution in [3.63, 3.8) is 0 Å². The third kappa shape index (κ3) is 3.81. The Bertz CT molecular complexity index is 1310. The molecular weight excluding hydrogens is 458 g/mol. The van der Waals surface area contributed by atoms with Crippen LogP contribution in [0, 0.1) is 12.3 Å².